The van der Waals surface area contributed by atoms with E-state index in [1.807, 2.05) is 62.4 Å². The first kappa shape index (κ1) is 19.3. The van der Waals surface area contributed by atoms with Gasteiger partial charge in [0.15, 0.2) is 0 Å². The van der Waals surface area contributed by atoms with Crippen LogP contribution in [0, 0.1) is 31.1 Å². The molecule has 0 aliphatic carbocycles. The number of ether oxygens (including phenoxy) is 1. The van der Waals surface area contributed by atoms with Gasteiger partial charge in [-0.25, -0.2) is 0 Å². The van der Waals surface area contributed by atoms with Crippen LogP contribution in [0.1, 0.15) is 30.5 Å². The number of benzene rings is 2. The molecule has 0 aromatic heterocycles. The van der Waals surface area contributed by atoms with Gasteiger partial charge in [0, 0.05) is 5.69 Å². The summed E-state index contributed by atoms with van der Waals surface area (Å²) in [7, 11) is 0. The van der Waals surface area contributed by atoms with E-state index >= 15 is 0 Å². The van der Waals surface area contributed by atoms with E-state index in [4.69, 9.17) is 4.74 Å². The highest BCUT2D eigenvalue weighted by molar-refractivity contribution is 6.10. The molecule has 0 heterocycles. The molecule has 0 aliphatic rings. The summed E-state index contributed by atoms with van der Waals surface area (Å²) >= 11 is 0. The highest BCUT2D eigenvalue weighted by atomic mass is 16.5. The van der Waals surface area contributed by atoms with Crippen LogP contribution in [0.4, 0.5) is 5.69 Å². The van der Waals surface area contributed by atoms with Crippen LogP contribution < -0.4 is 10.1 Å². The van der Waals surface area contributed by atoms with Crippen LogP contribution in [0.5, 0.6) is 5.75 Å². The minimum absolute atomic E-state index is 0.0572. The zero-order chi connectivity index (χ0) is 19.1. The molecule has 0 spiro atoms. The maximum atomic E-state index is 12.4. The molecule has 0 unspecified atom stereocenters. The number of amides is 1. The van der Waals surface area contributed by atoms with Gasteiger partial charge in [0.05, 0.1) is 6.61 Å². The van der Waals surface area contributed by atoms with Crippen LogP contribution >= 0.6 is 0 Å². The minimum atomic E-state index is -0.415. The zero-order valence-electron chi connectivity index (χ0n) is 15.7. The van der Waals surface area contributed by atoms with Crippen LogP contribution in [0.2, 0.25) is 0 Å². The number of nitrogens with one attached hydrogen (secondary N) is 1. The molecule has 4 heteroatoms. The largest absolute Gasteiger partial charge is 0.493 e. The van der Waals surface area contributed by atoms with Crippen molar-refractivity contribution in [2.45, 2.75) is 27.7 Å². The topological polar surface area (TPSA) is 62.1 Å². The fraction of sp³-hybridized carbons (Fsp3) is 0.273. The lowest BCUT2D eigenvalue weighted by atomic mass is 10.1. The monoisotopic (exact) mass is 348 g/mol. The Balaban J connectivity index is 2.13. The smallest absolute Gasteiger partial charge is 0.266 e. The van der Waals surface area contributed by atoms with Gasteiger partial charge in [0.2, 0.25) is 0 Å². The Bertz CT molecular complexity index is 843. The summed E-state index contributed by atoms with van der Waals surface area (Å²) < 4.78 is 5.64. The number of hydrogen-bond acceptors (Lipinski definition) is 3. The predicted molar refractivity (Wildman–Crippen MR) is 105 cm³/mol. The zero-order valence-corrected chi connectivity index (χ0v) is 15.7. The molecule has 0 aliphatic heterocycles. The maximum absolute atomic E-state index is 12.4. The second kappa shape index (κ2) is 8.87. The molecule has 0 saturated carbocycles. The molecule has 1 N–H and O–H groups in total. The number of nitriles is 1. The summed E-state index contributed by atoms with van der Waals surface area (Å²) in [6.45, 7) is 8.75. The Hall–Kier alpha value is -3.06. The first-order valence-electron chi connectivity index (χ1n) is 8.63. The first-order chi connectivity index (χ1) is 12.4. The van der Waals surface area contributed by atoms with Gasteiger partial charge in [-0.05, 0) is 60.7 Å². The third kappa shape index (κ3) is 5.22. The van der Waals surface area contributed by atoms with E-state index in [1.54, 1.807) is 6.08 Å². The van der Waals surface area contributed by atoms with Gasteiger partial charge in [-0.3, -0.25) is 4.79 Å². The number of nitrogens with zero attached hydrogens (tertiary/aromatic N) is 1. The van der Waals surface area contributed by atoms with Gasteiger partial charge in [-0.1, -0.05) is 38.1 Å². The van der Waals surface area contributed by atoms with Gasteiger partial charge in [0.25, 0.3) is 5.91 Å². The van der Waals surface area contributed by atoms with E-state index < -0.39 is 5.91 Å². The number of aryl methyl sites for hydroxylation is 1. The van der Waals surface area contributed by atoms with Gasteiger partial charge in [0.1, 0.15) is 17.4 Å². The normalized spacial score (nSPS) is 11.2. The average molecular weight is 348 g/mol. The van der Waals surface area contributed by atoms with Crippen molar-refractivity contribution in [2.75, 3.05) is 11.9 Å². The van der Waals surface area contributed by atoms with Crippen LogP contribution in [0.3, 0.4) is 0 Å². The molecule has 2 rings (SSSR count). The summed E-state index contributed by atoms with van der Waals surface area (Å²) in [6, 6.07) is 15.0. The van der Waals surface area contributed by atoms with Gasteiger partial charge in [-0.2, -0.15) is 5.26 Å². The number of carbonyl (C=O) groups excluding carboxylic acids is 1. The Labute approximate surface area is 155 Å². The third-order valence-corrected chi connectivity index (χ3v) is 3.99. The van der Waals surface area contributed by atoms with E-state index in [0.29, 0.717) is 18.2 Å². The second-order valence-electron chi connectivity index (χ2n) is 6.65. The highest BCUT2D eigenvalue weighted by Crippen LogP contribution is 2.20. The number of hydrogen-bond donors (Lipinski definition) is 1. The molecule has 0 atom stereocenters. The van der Waals surface area contributed by atoms with E-state index in [0.717, 1.165) is 22.4 Å². The van der Waals surface area contributed by atoms with Crippen molar-refractivity contribution in [2.24, 2.45) is 5.92 Å². The Morgan fingerprint density at radius 2 is 1.88 bits per heavy atom. The fourth-order valence-electron chi connectivity index (χ4n) is 2.31. The third-order valence-electron chi connectivity index (χ3n) is 3.99. The average Bonchev–Trinajstić information content (AvgIpc) is 2.62. The maximum Gasteiger partial charge on any atom is 0.266 e. The molecular weight excluding hydrogens is 324 g/mol. The van der Waals surface area contributed by atoms with Crippen LogP contribution in [-0.2, 0) is 4.79 Å². The fourth-order valence-corrected chi connectivity index (χ4v) is 2.31. The highest BCUT2D eigenvalue weighted by Gasteiger charge is 2.11. The molecule has 0 radical (unpaired) electrons. The lowest BCUT2D eigenvalue weighted by molar-refractivity contribution is -0.112. The van der Waals surface area contributed by atoms with E-state index in [1.165, 1.54) is 0 Å². The summed E-state index contributed by atoms with van der Waals surface area (Å²) in [5, 5.41) is 12.2. The van der Waals surface area contributed by atoms with Crippen LogP contribution in [0.25, 0.3) is 6.08 Å². The molecule has 2 aromatic carbocycles. The Morgan fingerprint density at radius 1 is 1.19 bits per heavy atom. The molecule has 2 aromatic rings. The van der Waals surface area contributed by atoms with E-state index in [-0.39, 0.29) is 5.57 Å². The van der Waals surface area contributed by atoms with E-state index in [2.05, 4.69) is 19.2 Å². The molecule has 0 bridgehead atoms. The molecular formula is C22H24N2O2. The Kier molecular flexibility index (Phi) is 6.57. The van der Waals surface area contributed by atoms with Crippen LogP contribution in [0.15, 0.2) is 48.0 Å². The van der Waals surface area contributed by atoms with Crippen molar-refractivity contribution < 1.29 is 9.53 Å². The van der Waals surface area contributed by atoms with Crippen molar-refractivity contribution >= 4 is 17.7 Å². The lowest BCUT2D eigenvalue weighted by Crippen LogP contribution is -2.14. The standard InChI is InChI=1S/C22H24N2O2/c1-15(2)14-26-20-10-8-18(9-11-20)12-19(13-23)22(25)24-21-7-5-6-16(3)17(21)4/h5-12,15H,14H2,1-4H3,(H,24,25)/b19-12+. The molecule has 26 heavy (non-hydrogen) atoms. The molecule has 0 saturated heterocycles. The molecule has 134 valence electrons. The summed E-state index contributed by atoms with van der Waals surface area (Å²) in [4.78, 5) is 12.4. The summed E-state index contributed by atoms with van der Waals surface area (Å²) in [5.74, 6) is 0.809. The number of carbonyl (C=O) groups is 1. The van der Waals surface area contributed by atoms with Crippen molar-refractivity contribution in [1.82, 2.24) is 0 Å². The number of rotatable bonds is 6. The molecule has 0 fully saturated rings. The Morgan fingerprint density at radius 3 is 2.50 bits per heavy atom. The SMILES string of the molecule is Cc1cccc(NC(=O)/C(C#N)=C/c2ccc(OCC(C)C)cc2)c1C. The van der Waals surface area contributed by atoms with Crippen molar-refractivity contribution in [3.05, 3.63) is 64.7 Å². The van der Waals surface area contributed by atoms with Crippen molar-refractivity contribution in [1.29, 1.82) is 5.26 Å². The molecule has 4 nitrogen and oxygen atoms in total. The molecule has 1 amide bonds. The minimum Gasteiger partial charge on any atom is -0.493 e. The van der Waals surface area contributed by atoms with E-state index in [9.17, 15) is 10.1 Å². The first-order valence-corrected chi connectivity index (χ1v) is 8.63. The number of anilines is 1. The summed E-state index contributed by atoms with van der Waals surface area (Å²) in [6.07, 6.45) is 1.58. The van der Waals surface area contributed by atoms with Gasteiger partial charge < -0.3 is 10.1 Å². The summed E-state index contributed by atoms with van der Waals surface area (Å²) in [5.41, 5.74) is 3.62. The second-order valence-corrected chi connectivity index (χ2v) is 6.65. The van der Waals surface area contributed by atoms with Gasteiger partial charge in [-0.15, -0.1) is 0 Å². The van der Waals surface area contributed by atoms with Crippen molar-refractivity contribution in [3.63, 3.8) is 0 Å². The van der Waals surface area contributed by atoms with Crippen molar-refractivity contribution in [3.8, 4) is 11.8 Å². The predicted octanol–water partition coefficient (Wildman–Crippen LogP) is 4.88. The quantitative estimate of drug-likeness (QED) is 0.597. The van der Waals surface area contributed by atoms with Gasteiger partial charge >= 0.3 is 0 Å². The van der Waals surface area contributed by atoms with Crippen LogP contribution in [-0.4, -0.2) is 12.5 Å². The lowest BCUT2D eigenvalue weighted by Gasteiger charge is -2.10.